The minimum Gasteiger partial charge on any atom is -0.272 e. The summed E-state index contributed by atoms with van der Waals surface area (Å²) in [6, 6.07) is 7.82. The maximum Gasteiger partial charge on any atom is 0.254 e. The first-order valence-corrected chi connectivity index (χ1v) is 9.05. The molecular weight excluding hydrogens is 403 g/mol. The average Bonchev–Trinajstić information content (AvgIpc) is 3.15. The van der Waals surface area contributed by atoms with Gasteiger partial charge in [0.15, 0.2) is 0 Å². The van der Waals surface area contributed by atoms with Gasteiger partial charge in [-0.1, -0.05) is 24.3 Å². The Labute approximate surface area is 147 Å². The van der Waals surface area contributed by atoms with Gasteiger partial charge < -0.3 is 0 Å². The van der Waals surface area contributed by atoms with Crippen LogP contribution in [-0.4, -0.2) is 23.0 Å². The zero-order valence-corrected chi connectivity index (χ0v) is 14.5. The normalized spacial score (nSPS) is 35.8. The lowest BCUT2D eigenvalue weighted by Gasteiger charge is -2.18. The fourth-order valence-electron chi connectivity index (χ4n) is 4.85. The molecule has 0 radical (unpaired) electrons. The maximum absolute atomic E-state index is 12.7. The van der Waals surface area contributed by atoms with Crippen molar-refractivity contribution in [3.05, 3.63) is 45.6 Å². The number of nitrogens with zero attached hydrogens (tertiary/aromatic N) is 2. The van der Waals surface area contributed by atoms with E-state index >= 15 is 0 Å². The molecule has 0 aromatic heterocycles. The van der Waals surface area contributed by atoms with Crippen LogP contribution in [-0.2, 0) is 9.59 Å². The quantitative estimate of drug-likeness (QED) is 0.321. The number of amides is 2. The molecule has 4 nitrogen and oxygen atoms in total. The van der Waals surface area contributed by atoms with Crippen molar-refractivity contribution < 1.29 is 9.59 Å². The van der Waals surface area contributed by atoms with Gasteiger partial charge in [0.2, 0.25) is 0 Å². The van der Waals surface area contributed by atoms with Crippen molar-refractivity contribution in [2.24, 2.45) is 34.2 Å². The zero-order valence-electron chi connectivity index (χ0n) is 12.4. The minimum atomic E-state index is -0.172. The number of rotatable bonds is 2. The first kappa shape index (κ1) is 13.9. The number of benzene rings is 1. The summed E-state index contributed by atoms with van der Waals surface area (Å²) in [6.45, 7) is 0. The Hall–Kier alpha value is -1.50. The van der Waals surface area contributed by atoms with Crippen molar-refractivity contribution in [2.75, 3.05) is 0 Å². The first-order valence-electron chi connectivity index (χ1n) is 7.97. The van der Waals surface area contributed by atoms with E-state index in [0.29, 0.717) is 0 Å². The Bertz CT molecular complexity index is 745. The van der Waals surface area contributed by atoms with Crippen LogP contribution in [0.15, 0.2) is 41.5 Å². The molecule has 1 saturated heterocycles. The number of halogens is 1. The van der Waals surface area contributed by atoms with E-state index in [-0.39, 0.29) is 40.9 Å². The molecule has 1 spiro atoms. The second kappa shape index (κ2) is 4.53. The van der Waals surface area contributed by atoms with Crippen LogP contribution in [0.5, 0.6) is 0 Å². The van der Waals surface area contributed by atoms with Gasteiger partial charge in [-0.15, -0.1) is 0 Å². The lowest BCUT2D eigenvalue weighted by molar-refractivity contribution is -0.141. The lowest BCUT2D eigenvalue weighted by atomic mass is 9.85. The van der Waals surface area contributed by atoms with Gasteiger partial charge in [-0.25, -0.2) is 0 Å². The highest BCUT2D eigenvalue weighted by molar-refractivity contribution is 14.1. The summed E-state index contributed by atoms with van der Waals surface area (Å²) in [6.07, 6.45) is 8.28. The van der Waals surface area contributed by atoms with Crippen LogP contribution in [0.25, 0.3) is 0 Å². The van der Waals surface area contributed by atoms with Crippen LogP contribution in [0.4, 0.5) is 0 Å². The monoisotopic (exact) mass is 418 g/mol. The number of carbonyl (C=O) groups excluding carboxylic acids is 2. The molecule has 5 heteroatoms. The molecule has 1 aromatic rings. The highest BCUT2D eigenvalue weighted by atomic mass is 127. The Kier molecular flexibility index (Phi) is 2.73. The molecule has 116 valence electrons. The zero-order chi connectivity index (χ0) is 15.8. The van der Waals surface area contributed by atoms with Crippen molar-refractivity contribution in [3.63, 3.8) is 0 Å². The van der Waals surface area contributed by atoms with Crippen LogP contribution in [0, 0.1) is 32.7 Å². The van der Waals surface area contributed by atoms with Gasteiger partial charge >= 0.3 is 0 Å². The Morgan fingerprint density at radius 1 is 1.04 bits per heavy atom. The molecule has 1 aromatic carbocycles. The number of allylic oxidation sites excluding steroid dienone is 2. The van der Waals surface area contributed by atoms with Gasteiger partial charge in [0.1, 0.15) is 0 Å². The molecule has 23 heavy (non-hydrogen) atoms. The number of carbonyl (C=O) groups is 2. The SMILES string of the molecule is O=C1[C@@H]2[C@H](C(=O)N1/N=C\c1ccc(I)cc1)[C@H]1C=C[C@@H]2C12CC2. The van der Waals surface area contributed by atoms with Crippen molar-refractivity contribution >= 4 is 40.6 Å². The van der Waals surface area contributed by atoms with E-state index in [2.05, 4.69) is 39.8 Å². The van der Waals surface area contributed by atoms with Gasteiger partial charge in [0.25, 0.3) is 11.8 Å². The standard InChI is InChI=1S/C18H15IN2O2/c19-11-3-1-10(2-4-11)9-20-21-16(22)14-12-5-6-13(15(14)17(21)23)18(12)7-8-18/h1-6,9,12-15H,7-8H2/b20-9-/t12-,13+,14-,15+. The average molecular weight is 418 g/mol. The number of hydrogen-bond donors (Lipinski definition) is 0. The summed E-state index contributed by atoms with van der Waals surface area (Å²) in [5.74, 6) is -0.0441. The van der Waals surface area contributed by atoms with E-state index < -0.39 is 0 Å². The smallest absolute Gasteiger partial charge is 0.254 e. The molecule has 4 atom stereocenters. The van der Waals surface area contributed by atoms with Crippen LogP contribution in [0.2, 0.25) is 0 Å². The van der Waals surface area contributed by atoms with E-state index in [4.69, 9.17) is 0 Å². The molecule has 2 saturated carbocycles. The Balaban J connectivity index is 1.43. The lowest BCUT2D eigenvalue weighted by Crippen LogP contribution is -2.30. The molecule has 2 bridgehead atoms. The summed E-state index contributed by atoms with van der Waals surface area (Å²) < 4.78 is 1.14. The summed E-state index contributed by atoms with van der Waals surface area (Å²) in [4.78, 5) is 25.5. The van der Waals surface area contributed by atoms with E-state index in [1.165, 1.54) is 0 Å². The summed E-state index contributed by atoms with van der Waals surface area (Å²) in [7, 11) is 0. The number of fused-ring (bicyclic) bond motifs is 3. The molecular formula is C18H15IN2O2. The Morgan fingerprint density at radius 2 is 1.61 bits per heavy atom. The topological polar surface area (TPSA) is 49.7 Å². The van der Waals surface area contributed by atoms with Gasteiger partial charge in [-0.2, -0.15) is 10.1 Å². The third-order valence-corrected chi connectivity index (χ3v) is 6.74. The molecule has 3 aliphatic carbocycles. The summed E-state index contributed by atoms with van der Waals surface area (Å²) in [5, 5.41) is 5.33. The fraction of sp³-hybridized carbons (Fsp3) is 0.389. The highest BCUT2D eigenvalue weighted by Crippen LogP contribution is 2.73. The van der Waals surface area contributed by atoms with Gasteiger partial charge in [-0.05, 0) is 70.4 Å². The molecule has 3 fully saturated rings. The molecule has 1 aliphatic heterocycles. The van der Waals surface area contributed by atoms with Crippen molar-refractivity contribution in [2.45, 2.75) is 12.8 Å². The summed E-state index contributed by atoms with van der Waals surface area (Å²) >= 11 is 2.24. The molecule has 5 rings (SSSR count). The van der Waals surface area contributed by atoms with Gasteiger partial charge in [-0.3, -0.25) is 9.59 Å². The van der Waals surface area contributed by atoms with Crippen molar-refractivity contribution in [1.29, 1.82) is 0 Å². The van der Waals surface area contributed by atoms with Crippen molar-refractivity contribution in [3.8, 4) is 0 Å². The van der Waals surface area contributed by atoms with E-state index in [1.807, 2.05) is 24.3 Å². The van der Waals surface area contributed by atoms with Crippen LogP contribution in [0.1, 0.15) is 18.4 Å². The molecule has 4 aliphatic rings. The fourth-order valence-corrected chi connectivity index (χ4v) is 5.21. The molecule has 1 heterocycles. The van der Waals surface area contributed by atoms with E-state index in [0.717, 1.165) is 27.0 Å². The van der Waals surface area contributed by atoms with E-state index in [1.54, 1.807) is 6.21 Å². The number of hydrazone groups is 1. The highest BCUT2D eigenvalue weighted by Gasteiger charge is 2.73. The van der Waals surface area contributed by atoms with Gasteiger partial charge in [0, 0.05) is 3.57 Å². The van der Waals surface area contributed by atoms with Crippen LogP contribution >= 0.6 is 22.6 Å². The summed E-state index contributed by atoms with van der Waals surface area (Å²) in [5.41, 5.74) is 1.13. The number of hydrogen-bond acceptors (Lipinski definition) is 3. The van der Waals surface area contributed by atoms with Crippen molar-refractivity contribution in [1.82, 2.24) is 5.01 Å². The largest absolute Gasteiger partial charge is 0.272 e. The predicted octanol–water partition coefficient (Wildman–Crippen LogP) is 2.82. The van der Waals surface area contributed by atoms with Crippen LogP contribution in [0.3, 0.4) is 0 Å². The second-order valence-electron chi connectivity index (χ2n) is 7.01. The molecule has 2 amide bonds. The van der Waals surface area contributed by atoms with E-state index in [9.17, 15) is 9.59 Å². The molecule has 0 N–H and O–H groups in total. The number of imide groups is 1. The van der Waals surface area contributed by atoms with Crippen LogP contribution < -0.4 is 0 Å². The predicted molar refractivity (Wildman–Crippen MR) is 93.4 cm³/mol. The van der Waals surface area contributed by atoms with Gasteiger partial charge in [0.05, 0.1) is 18.1 Å². The molecule has 0 unspecified atom stereocenters. The second-order valence-corrected chi connectivity index (χ2v) is 8.25. The Morgan fingerprint density at radius 3 is 2.13 bits per heavy atom. The minimum absolute atomic E-state index is 0.107. The third-order valence-electron chi connectivity index (χ3n) is 6.02. The first-order chi connectivity index (χ1) is 11.1. The maximum atomic E-state index is 12.7. The third kappa shape index (κ3) is 1.74.